The van der Waals surface area contributed by atoms with E-state index in [1.165, 1.54) is 0 Å². The second kappa shape index (κ2) is 6.02. The summed E-state index contributed by atoms with van der Waals surface area (Å²) < 4.78 is 5.60. The fourth-order valence-corrected chi connectivity index (χ4v) is 1.47. The molecule has 0 aliphatic heterocycles. The molecule has 0 aliphatic rings. The highest BCUT2D eigenvalue weighted by molar-refractivity contribution is 6.30. The largest absolute Gasteiger partial charge is 0.372 e. The molecule has 0 saturated heterocycles. The molecule has 14 heavy (non-hydrogen) atoms. The molecule has 2 N–H and O–H groups in total. The van der Waals surface area contributed by atoms with Crippen LogP contribution in [0.1, 0.15) is 25.0 Å². The van der Waals surface area contributed by atoms with Gasteiger partial charge in [0.25, 0.3) is 0 Å². The summed E-state index contributed by atoms with van der Waals surface area (Å²) in [6, 6.07) is 7.64. The lowest BCUT2D eigenvalue weighted by molar-refractivity contribution is 0.0591. The van der Waals surface area contributed by atoms with Crippen LogP contribution in [0.5, 0.6) is 0 Å². The molecule has 1 unspecified atom stereocenters. The summed E-state index contributed by atoms with van der Waals surface area (Å²) in [5, 5.41) is 0.723. The maximum absolute atomic E-state index is 5.88. The first-order valence-corrected chi connectivity index (χ1v) is 5.22. The van der Waals surface area contributed by atoms with Crippen LogP contribution >= 0.6 is 11.6 Å². The summed E-state index contributed by atoms with van der Waals surface area (Å²) in [6.07, 6.45) is 0.963. The number of rotatable bonds is 5. The predicted molar refractivity (Wildman–Crippen MR) is 59.5 cm³/mol. The Kier molecular flexibility index (Phi) is 4.94. The third-order valence-corrected chi connectivity index (χ3v) is 2.19. The normalized spacial score (nSPS) is 12.8. The highest BCUT2D eigenvalue weighted by Crippen LogP contribution is 2.20. The molecule has 2 nitrogen and oxygen atoms in total. The van der Waals surface area contributed by atoms with Crippen LogP contribution in [-0.2, 0) is 4.74 Å². The van der Waals surface area contributed by atoms with Gasteiger partial charge in [0.1, 0.15) is 0 Å². The molecule has 3 heteroatoms. The lowest BCUT2D eigenvalue weighted by Gasteiger charge is -2.15. The minimum atomic E-state index is -0.0337. The van der Waals surface area contributed by atoms with Crippen LogP contribution in [0.3, 0.4) is 0 Å². The Labute approximate surface area is 90.0 Å². The molecule has 0 amide bonds. The van der Waals surface area contributed by atoms with Crippen LogP contribution in [0.2, 0.25) is 5.02 Å². The van der Waals surface area contributed by atoms with Gasteiger partial charge in [-0.25, -0.2) is 0 Å². The molecule has 0 spiro atoms. The zero-order valence-corrected chi connectivity index (χ0v) is 9.13. The fourth-order valence-electron chi connectivity index (χ4n) is 1.27. The lowest BCUT2D eigenvalue weighted by Crippen LogP contribution is -2.16. The second-order valence-corrected chi connectivity index (χ2v) is 3.59. The van der Waals surface area contributed by atoms with Crippen molar-refractivity contribution in [3.05, 3.63) is 34.9 Å². The van der Waals surface area contributed by atoms with Crippen LogP contribution in [0.15, 0.2) is 24.3 Å². The molecule has 0 saturated carbocycles. The van der Waals surface area contributed by atoms with Gasteiger partial charge in [-0.3, -0.25) is 0 Å². The third kappa shape index (κ3) is 3.29. The highest BCUT2D eigenvalue weighted by atomic mass is 35.5. The molecule has 1 aromatic carbocycles. The van der Waals surface area contributed by atoms with E-state index in [0.717, 1.165) is 23.6 Å². The van der Waals surface area contributed by atoms with Gasteiger partial charge in [-0.15, -0.1) is 0 Å². The molecule has 0 heterocycles. The number of benzene rings is 1. The van der Waals surface area contributed by atoms with Gasteiger partial charge in [-0.2, -0.15) is 0 Å². The Morgan fingerprint density at radius 3 is 2.86 bits per heavy atom. The Balaban J connectivity index is 2.68. The maximum atomic E-state index is 5.88. The molecular formula is C11H16ClNO. The number of nitrogens with two attached hydrogens (primary N) is 1. The Morgan fingerprint density at radius 2 is 2.29 bits per heavy atom. The van der Waals surface area contributed by atoms with E-state index >= 15 is 0 Å². The molecule has 0 aliphatic carbocycles. The van der Waals surface area contributed by atoms with Crippen molar-refractivity contribution in [3.63, 3.8) is 0 Å². The number of ether oxygens (including phenoxy) is 1. The average Bonchev–Trinajstić information content (AvgIpc) is 2.19. The van der Waals surface area contributed by atoms with E-state index in [0.29, 0.717) is 6.54 Å². The zero-order chi connectivity index (χ0) is 10.4. The predicted octanol–water partition coefficient (Wildman–Crippen LogP) is 2.77. The topological polar surface area (TPSA) is 35.2 Å². The molecule has 1 rings (SSSR count). The minimum absolute atomic E-state index is 0.0337. The summed E-state index contributed by atoms with van der Waals surface area (Å²) in [7, 11) is 0. The first kappa shape index (κ1) is 11.5. The van der Waals surface area contributed by atoms with Crippen molar-refractivity contribution >= 4 is 11.6 Å². The summed E-state index contributed by atoms with van der Waals surface area (Å²) in [4.78, 5) is 0. The highest BCUT2D eigenvalue weighted by Gasteiger charge is 2.09. The van der Waals surface area contributed by atoms with E-state index in [2.05, 4.69) is 6.92 Å². The van der Waals surface area contributed by atoms with E-state index in [1.54, 1.807) is 0 Å². The number of hydrogen-bond donors (Lipinski definition) is 1. The SMILES string of the molecule is CCCOC(CN)c1cccc(Cl)c1. The van der Waals surface area contributed by atoms with Gasteiger partial charge in [0.2, 0.25) is 0 Å². The molecule has 0 fully saturated rings. The maximum Gasteiger partial charge on any atom is 0.0947 e. The Morgan fingerprint density at radius 1 is 1.50 bits per heavy atom. The van der Waals surface area contributed by atoms with Gasteiger partial charge in [0.15, 0.2) is 0 Å². The van der Waals surface area contributed by atoms with Crippen molar-refractivity contribution < 1.29 is 4.74 Å². The fraction of sp³-hybridized carbons (Fsp3) is 0.455. The van der Waals surface area contributed by atoms with Crippen LogP contribution in [0.25, 0.3) is 0 Å². The van der Waals surface area contributed by atoms with Crippen LogP contribution in [0, 0.1) is 0 Å². The molecule has 78 valence electrons. The first-order chi connectivity index (χ1) is 6.77. The quantitative estimate of drug-likeness (QED) is 0.817. The van der Waals surface area contributed by atoms with Crippen LogP contribution in [-0.4, -0.2) is 13.2 Å². The van der Waals surface area contributed by atoms with Crippen molar-refractivity contribution in [2.45, 2.75) is 19.4 Å². The zero-order valence-electron chi connectivity index (χ0n) is 8.37. The minimum Gasteiger partial charge on any atom is -0.372 e. The van der Waals surface area contributed by atoms with Crippen LogP contribution < -0.4 is 5.73 Å². The number of halogens is 1. The number of hydrogen-bond acceptors (Lipinski definition) is 2. The average molecular weight is 214 g/mol. The van der Waals surface area contributed by atoms with E-state index in [9.17, 15) is 0 Å². The van der Waals surface area contributed by atoms with Crippen molar-refractivity contribution in [2.24, 2.45) is 5.73 Å². The monoisotopic (exact) mass is 213 g/mol. The van der Waals surface area contributed by atoms with Gasteiger partial charge in [-0.1, -0.05) is 30.7 Å². The summed E-state index contributed by atoms with van der Waals surface area (Å²) >= 11 is 5.88. The van der Waals surface area contributed by atoms with Gasteiger partial charge >= 0.3 is 0 Å². The van der Waals surface area contributed by atoms with Gasteiger partial charge in [0, 0.05) is 18.2 Å². The molecule has 1 aromatic rings. The van der Waals surface area contributed by atoms with Gasteiger partial charge in [0.05, 0.1) is 6.10 Å². The van der Waals surface area contributed by atoms with E-state index in [4.69, 9.17) is 22.1 Å². The smallest absolute Gasteiger partial charge is 0.0947 e. The third-order valence-electron chi connectivity index (χ3n) is 1.96. The molecule has 1 atom stereocenters. The summed E-state index contributed by atoms with van der Waals surface area (Å²) in [5.41, 5.74) is 6.68. The molecule has 0 aromatic heterocycles. The van der Waals surface area contributed by atoms with Crippen molar-refractivity contribution in [1.82, 2.24) is 0 Å². The second-order valence-electron chi connectivity index (χ2n) is 3.15. The Bertz CT molecular complexity index is 278. The molecular weight excluding hydrogens is 198 g/mol. The lowest BCUT2D eigenvalue weighted by atomic mass is 10.1. The van der Waals surface area contributed by atoms with Crippen molar-refractivity contribution in [2.75, 3.05) is 13.2 Å². The first-order valence-electron chi connectivity index (χ1n) is 4.85. The van der Waals surface area contributed by atoms with Crippen molar-refractivity contribution in [1.29, 1.82) is 0 Å². The summed E-state index contributed by atoms with van der Waals surface area (Å²) in [6.45, 7) is 3.29. The van der Waals surface area contributed by atoms with Gasteiger partial charge in [-0.05, 0) is 24.1 Å². The molecule has 0 radical (unpaired) electrons. The van der Waals surface area contributed by atoms with Crippen LogP contribution in [0.4, 0.5) is 0 Å². The summed E-state index contributed by atoms with van der Waals surface area (Å²) in [5.74, 6) is 0. The Hall–Kier alpha value is -0.570. The van der Waals surface area contributed by atoms with Gasteiger partial charge < -0.3 is 10.5 Å². The van der Waals surface area contributed by atoms with E-state index in [1.807, 2.05) is 24.3 Å². The van der Waals surface area contributed by atoms with E-state index in [-0.39, 0.29) is 6.10 Å². The van der Waals surface area contributed by atoms with E-state index < -0.39 is 0 Å². The standard InChI is InChI=1S/C11H16ClNO/c1-2-6-14-11(8-13)9-4-3-5-10(12)7-9/h3-5,7,11H,2,6,8,13H2,1H3. The molecule has 0 bridgehead atoms. The van der Waals surface area contributed by atoms with Crippen molar-refractivity contribution in [3.8, 4) is 0 Å².